The molecule has 0 saturated carbocycles. The van der Waals surface area contributed by atoms with Gasteiger partial charge in [-0.25, -0.2) is 0 Å². The molecular formula is C18H28ClN3O2. The summed E-state index contributed by atoms with van der Waals surface area (Å²) < 4.78 is 11.5. The second-order valence-electron chi connectivity index (χ2n) is 6.40. The topological polar surface area (TPSA) is 60.2 Å². The van der Waals surface area contributed by atoms with Gasteiger partial charge in [-0.05, 0) is 50.9 Å². The van der Waals surface area contributed by atoms with Crippen molar-refractivity contribution >= 4 is 12.4 Å². The van der Waals surface area contributed by atoms with Crippen LogP contribution in [0.5, 0.6) is 5.75 Å². The number of likely N-dealkylation sites (N-methyl/N-ethyl adjacent to an activating group) is 1. The van der Waals surface area contributed by atoms with E-state index < -0.39 is 0 Å². The third kappa shape index (κ3) is 5.21. The van der Waals surface area contributed by atoms with Crippen LogP contribution in [0.25, 0.3) is 0 Å². The largest absolute Gasteiger partial charge is 0.481 e. The molecule has 0 aliphatic heterocycles. The Labute approximate surface area is 150 Å². The van der Waals surface area contributed by atoms with Crippen LogP contribution in [0.1, 0.15) is 62.6 Å². The average Bonchev–Trinajstić information content (AvgIpc) is 2.95. The van der Waals surface area contributed by atoms with Gasteiger partial charge in [-0.2, -0.15) is 4.98 Å². The highest BCUT2D eigenvalue weighted by Gasteiger charge is 2.19. The number of hydrogen-bond donors (Lipinski definition) is 1. The molecule has 0 amide bonds. The highest BCUT2D eigenvalue weighted by molar-refractivity contribution is 5.85. The van der Waals surface area contributed by atoms with Crippen molar-refractivity contribution < 1.29 is 9.26 Å². The van der Waals surface area contributed by atoms with E-state index in [-0.39, 0.29) is 18.5 Å². The summed E-state index contributed by atoms with van der Waals surface area (Å²) in [6.07, 6.45) is 0.453. The van der Waals surface area contributed by atoms with E-state index in [0.29, 0.717) is 23.7 Å². The maximum absolute atomic E-state index is 6.11. The first-order valence-electron chi connectivity index (χ1n) is 8.17. The Balaban J connectivity index is 0.00000288. The Morgan fingerprint density at radius 2 is 1.92 bits per heavy atom. The Kier molecular flexibility index (Phi) is 7.70. The second kappa shape index (κ2) is 9.04. The summed E-state index contributed by atoms with van der Waals surface area (Å²) in [6, 6.07) is 6.60. The van der Waals surface area contributed by atoms with E-state index in [0.717, 1.165) is 12.2 Å². The summed E-state index contributed by atoms with van der Waals surface area (Å²) in [5, 5.41) is 7.20. The number of hydrogen-bond acceptors (Lipinski definition) is 5. The third-order valence-electron chi connectivity index (χ3n) is 3.91. The molecule has 24 heavy (non-hydrogen) atoms. The Bertz CT molecular complexity index is 643. The van der Waals surface area contributed by atoms with Crippen molar-refractivity contribution in [3.05, 3.63) is 41.0 Å². The molecule has 0 fully saturated rings. The van der Waals surface area contributed by atoms with Crippen LogP contribution in [-0.2, 0) is 6.42 Å². The minimum atomic E-state index is -0.277. The molecule has 0 bridgehead atoms. The summed E-state index contributed by atoms with van der Waals surface area (Å²) in [5.74, 6) is 2.49. The molecule has 0 aliphatic rings. The number of halogens is 1. The molecule has 2 unspecified atom stereocenters. The molecule has 1 aromatic carbocycles. The van der Waals surface area contributed by atoms with Crippen molar-refractivity contribution in [1.29, 1.82) is 0 Å². The fourth-order valence-electron chi connectivity index (χ4n) is 2.35. The van der Waals surface area contributed by atoms with Crippen LogP contribution in [-0.4, -0.2) is 23.2 Å². The monoisotopic (exact) mass is 353 g/mol. The maximum atomic E-state index is 6.11. The smallest absolute Gasteiger partial charge is 0.267 e. The van der Waals surface area contributed by atoms with Crippen LogP contribution >= 0.6 is 12.4 Å². The zero-order valence-electron chi connectivity index (χ0n) is 15.3. The highest BCUT2D eigenvalue weighted by atomic mass is 35.5. The fraction of sp³-hybridized carbons (Fsp3) is 0.556. The minimum absolute atomic E-state index is 0. The normalized spacial score (nSPS) is 13.5. The van der Waals surface area contributed by atoms with E-state index in [1.165, 1.54) is 11.1 Å². The molecule has 134 valence electrons. The molecular weight excluding hydrogens is 326 g/mol. The SMILES string of the molecule is CNC(C)Cc1noc(C(C)Oc2cc(C)ccc2C(C)C)n1.Cl. The summed E-state index contributed by atoms with van der Waals surface area (Å²) in [5.41, 5.74) is 2.36. The fourth-order valence-corrected chi connectivity index (χ4v) is 2.35. The molecule has 2 aromatic rings. The molecule has 1 N–H and O–H groups in total. The van der Waals surface area contributed by atoms with E-state index in [1.54, 1.807) is 0 Å². The van der Waals surface area contributed by atoms with Gasteiger partial charge in [-0.15, -0.1) is 12.4 Å². The second-order valence-corrected chi connectivity index (χ2v) is 6.40. The number of benzene rings is 1. The molecule has 0 radical (unpaired) electrons. The van der Waals surface area contributed by atoms with Gasteiger partial charge in [0.15, 0.2) is 11.9 Å². The summed E-state index contributed by atoms with van der Waals surface area (Å²) in [6.45, 7) is 10.4. The van der Waals surface area contributed by atoms with Crippen molar-refractivity contribution in [3.63, 3.8) is 0 Å². The Hall–Kier alpha value is -1.59. The molecule has 1 aromatic heterocycles. The lowest BCUT2D eigenvalue weighted by Gasteiger charge is -2.17. The van der Waals surface area contributed by atoms with Gasteiger partial charge in [-0.3, -0.25) is 0 Å². The zero-order valence-corrected chi connectivity index (χ0v) is 16.1. The first kappa shape index (κ1) is 20.5. The van der Waals surface area contributed by atoms with Crippen LogP contribution in [0.15, 0.2) is 22.7 Å². The van der Waals surface area contributed by atoms with E-state index >= 15 is 0 Å². The van der Waals surface area contributed by atoms with Gasteiger partial charge in [0.05, 0.1) is 0 Å². The number of aromatic nitrogens is 2. The predicted octanol–water partition coefficient (Wildman–Crippen LogP) is 4.21. The van der Waals surface area contributed by atoms with Gasteiger partial charge in [0, 0.05) is 12.5 Å². The molecule has 2 atom stereocenters. The maximum Gasteiger partial charge on any atom is 0.267 e. The van der Waals surface area contributed by atoms with Gasteiger partial charge < -0.3 is 14.6 Å². The standard InChI is InChI=1S/C18H27N3O2.ClH/c1-11(2)15-8-7-12(3)9-16(15)22-14(5)18-20-17(21-23-18)10-13(4)19-6;/h7-9,11,13-14,19H,10H2,1-6H3;1H. The molecule has 2 rings (SSSR count). The lowest BCUT2D eigenvalue weighted by Crippen LogP contribution is -2.24. The first-order valence-corrected chi connectivity index (χ1v) is 8.17. The molecule has 0 aliphatic carbocycles. The van der Waals surface area contributed by atoms with Gasteiger partial charge in [0.1, 0.15) is 5.75 Å². The van der Waals surface area contributed by atoms with Crippen molar-refractivity contribution in [2.45, 2.75) is 59.1 Å². The first-order chi connectivity index (χ1) is 10.9. The molecule has 6 heteroatoms. The number of ether oxygens (including phenoxy) is 1. The van der Waals surface area contributed by atoms with Gasteiger partial charge in [-0.1, -0.05) is 31.1 Å². The predicted molar refractivity (Wildman–Crippen MR) is 98.1 cm³/mol. The lowest BCUT2D eigenvalue weighted by molar-refractivity contribution is 0.173. The van der Waals surface area contributed by atoms with Gasteiger partial charge in [0.2, 0.25) is 0 Å². The molecule has 1 heterocycles. The third-order valence-corrected chi connectivity index (χ3v) is 3.91. The summed E-state index contributed by atoms with van der Waals surface area (Å²) in [7, 11) is 1.92. The van der Waals surface area contributed by atoms with Crippen LogP contribution in [0.3, 0.4) is 0 Å². The lowest BCUT2D eigenvalue weighted by atomic mass is 10.0. The van der Waals surface area contributed by atoms with Crippen molar-refractivity contribution in [3.8, 4) is 5.75 Å². The number of aryl methyl sites for hydroxylation is 1. The number of nitrogens with one attached hydrogen (secondary N) is 1. The zero-order chi connectivity index (χ0) is 17.0. The molecule has 5 nitrogen and oxygen atoms in total. The Morgan fingerprint density at radius 1 is 1.21 bits per heavy atom. The van der Waals surface area contributed by atoms with Crippen LogP contribution < -0.4 is 10.1 Å². The van der Waals surface area contributed by atoms with Crippen LogP contribution in [0.4, 0.5) is 0 Å². The highest BCUT2D eigenvalue weighted by Crippen LogP contribution is 2.30. The Morgan fingerprint density at radius 3 is 2.54 bits per heavy atom. The molecule has 0 saturated heterocycles. The van der Waals surface area contributed by atoms with Gasteiger partial charge in [0.25, 0.3) is 5.89 Å². The summed E-state index contributed by atoms with van der Waals surface area (Å²) in [4.78, 5) is 4.45. The van der Waals surface area contributed by atoms with E-state index in [2.05, 4.69) is 61.4 Å². The van der Waals surface area contributed by atoms with Gasteiger partial charge >= 0.3 is 0 Å². The average molecular weight is 354 g/mol. The quantitative estimate of drug-likeness (QED) is 0.807. The van der Waals surface area contributed by atoms with Crippen LogP contribution in [0, 0.1) is 6.92 Å². The van der Waals surface area contributed by atoms with E-state index in [1.807, 2.05) is 14.0 Å². The van der Waals surface area contributed by atoms with E-state index in [9.17, 15) is 0 Å². The minimum Gasteiger partial charge on any atom is -0.481 e. The van der Waals surface area contributed by atoms with Crippen LogP contribution in [0.2, 0.25) is 0 Å². The molecule has 0 spiro atoms. The van der Waals surface area contributed by atoms with Crippen molar-refractivity contribution in [2.24, 2.45) is 0 Å². The summed E-state index contributed by atoms with van der Waals surface area (Å²) >= 11 is 0. The number of rotatable bonds is 7. The number of nitrogens with zero attached hydrogens (tertiary/aromatic N) is 2. The van der Waals surface area contributed by atoms with Crippen molar-refractivity contribution in [2.75, 3.05) is 7.05 Å². The van der Waals surface area contributed by atoms with E-state index in [4.69, 9.17) is 9.26 Å². The van der Waals surface area contributed by atoms with Crippen molar-refractivity contribution in [1.82, 2.24) is 15.5 Å².